The molecule has 0 unspecified atom stereocenters. The van der Waals surface area contributed by atoms with Gasteiger partial charge in [-0.3, -0.25) is 29.6 Å². The third-order valence-corrected chi connectivity index (χ3v) is 8.28. The fraction of sp³-hybridized carbons (Fsp3) is 0.0882. The summed E-state index contributed by atoms with van der Waals surface area (Å²) in [4.78, 5) is 53.9. The molecule has 1 aromatic heterocycles. The van der Waals surface area contributed by atoms with Crippen LogP contribution in [-0.4, -0.2) is 27.0 Å². The number of nitro groups is 2. The predicted molar refractivity (Wildman–Crippen MR) is 174 cm³/mol. The monoisotopic (exact) mass is 666 g/mol. The van der Waals surface area contributed by atoms with Crippen molar-refractivity contribution in [3.63, 3.8) is 0 Å². The summed E-state index contributed by atoms with van der Waals surface area (Å²) < 4.78 is 26.8. The van der Waals surface area contributed by atoms with Crippen molar-refractivity contribution in [1.82, 2.24) is 4.57 Å². The molecule has 0 spiro atoms. The van der Waals surface area contributed by atoms with Crippen LogP contribution in [0.2, 0.25) is 0 Å². The second-order valence-electron chi connectivity index (χ2n) is 10.3. The van der Waals surface area contributed by atoms with Crippen molar-refractivity contribution in [1.29, 1.82) is 0 Å². The Bertz CT molecular complexity index is 2300. The summed E-state index contributed by atoms with van der Waals surface area (Å²) in [5.41, 5.74) is 0.498. The second-order valence-corrected chi connectivity index (χ2v) is 11.3. The first-order chi connectivity index (χ1) is 23.1. The molecule has 6 rings (SSSR count). The van der Waals surface area contributed by atoms with Gasteiger partial charge in [0.1, 0.15) is 11.6 Å². The summed E-state index contributed by atoms with van der Waals surface area (Å²) in [6.07, 6.45) is 1.58. The van der Waals surface area contributed by atoms with Crippen molar-refractivity contribution >= 4 is 40.5 Å². The van der Waals surface area contributed by atoms with Crippen LogP contribution in [-0.2, 0) is 9.53 Å². The summed E-state index contributed by atoms with van der Waals surface area (Å²) in [5, 5.41) is 22.7. The number of hydrogen-bond acceptors (Lipinski definition) is 10. The van der Waals surface area contributed by atoms with E-state index in [2.05, 4.69) is 0 Å². The van der Waals surface area contributed by atoms with Crippen LogP contribution < -0.4 is 19.6 Å². The molecular formula is C34H23FN4O8S. The first kappa shape index (κ1) is 31.7. The van der Waals surface area contributed by atoms with Gasteiger partial charge in [0.15, 0.2) is 4.80 Å². The zero-order chi connectivity index (χ0) is 33.9. The molecule has 14 heteroatoms. The smallest absolute Gasteiger partial charge is 0.338 e. The van der Waals surface area contributed by atoms with E-state index in [1.165, 1.54) is 34.9 Å². The summed E-state index contributed by atoms with van der Waals surface area (Å²) in [6.45, 7) is 1.74. The fourth-order valence-corrected chi connectivity index (χ4v) is 6.20. The maximum absolute atomic E-state index is 14.1. The highest BCUT2D eigenvalue weighted by molar-refractivity contribution is 7.07. The lowest BCUT2D eigenvalue weighted by Crippen LogP contribution is -2.40. The zero-order valence-electron chi connectivity index (χ0n) is 24.9. The zero-order valence-corrected chi connectivity index (χ0v) is 25.8. The number of thiazole rings is 1. The topological polar surface area (TPSA) is 156 Å². The molecule has 2 heterocycles. The van der Waals surface area contributed by atoms with E-state index >= 15 is 0 Å². The molecule has 0 amide bonds. The first-order valence-electron chi connectivity index (χ1n) is 14.4. The van der Waals surface area contributed by atoms with Gasteiger partial charge in [-0.15, -0.1) is 0 Å². The molecule has 0 saturated heterocycles. The van der Waals surface area contributed by atoms with Crippen LogP contribution in [0.15, 0.2) is 112 Å². The summed E-state index contributed by atoms with van der Waals surface area (Å²) in [6, 6.07) is 22.9. The van der Waals surface area contributed by atoms with Gasteiger partial charge in [0.2, 0.25) is 5.75 Å². The van der Waals surface area contributed by atoms with Crippen molar-refractivity contribution in [3.05, 3.63) is 165 Å². The molecule has 1 aliphatic rings. The van der Waals surface area contributed by atoms with E-state index in [1.807, 2.05) is 6.07 Å². The molecular weight excluding hydrogens is 643 g/mol. The lowest BCUT2D eigenvalue weighted by Gasteiger charge is -2.25. The van der Waals surface area contributed by atoms with Crippen LogP contribution in [0.25, 0.3) is 11.8 Å². The van der Waals surface area contributed by atoms with E-state index in [1.54, 1.807) is 55.5 Å². The Balaban J connectivity index is 1.48. The number of fused-ring (bicyclic) bond motifs is 1. The number of rotatable bonds is 9. The number of aromatic nitrogens is 1. The van der Waals surface area contributed by atoms with Crippen LogP contribution >= 0.6 is 11.3 Å². The lowest BCUT2D eigenvalue weighted by molar-refractivity contribution is -0.394. The second kappa shape index (κ2) is 13.2. The highest BCUT2D eigenvalue weighted by Gasteiger charge is 2.35. The van der Waals surface area contributed by atoms with Crippen molar-refractivity contribution in [3.8, 4) is 11.5 Å². The van der Waals surface area contributed by atoms with E-state index < -0.39 is 44.6 Å². The van der Waals surface area contributed by atoms with Gasteiger partial charge in [-0.25, -0.2) is 14.2 Å². The van der Waals surface area contributed by atoms with Gasteiger partial charge in [-0.2, -0.15) is 0 Å². The average molecular weight is 667 g/mol. The average Bonchev–Trinajstić information content (AvgIpc) is 3.39. The number of carbonyl (C=O) groups is 1. The van der Waals surface area contributed by atoms with Gasteiger partial charge in [0.05, 0.1) is 44.4 Å². The van der Waals surface area contributed by atoms with Crippen LogP contribution in [0, 0.1) is 26.0 Å². The molecule has 48 heavy (non-hydrogen) atoms. The third kappa shape index (κ3) is 6.24. The number of non-ortho nitro benzene ring substituents is 1. The highest BCUT2D eigenvalue weighted by atomic mass is 32.1. The Morgan fingerprint density at radius 1 is 0.979 bits per heavy atom. The molecule has 0 radical (unpaired) electrons. The standard InChI is InChI=1S/C34H23FN4O8S/c1-2-46-33(41)29-30(21-8-4-3-5-9-21)36-34-37(31(29)22-11-13-23(35)14-12-22)32(40)28(48-34)18-20-7-6-10-25(17-20)47-27-16-15-24(38(42)43)19-26(27)39(44)45/h3-19,31H,2H2,1H3/b28-18+/t31-/m1/s1. The van der Waals surface area contributed by atoms with Gasteiger partial charge >= 0.3 is 11.7 Å². The van der Waals surface area contributed by atoms with Gasteiger partial charge in [-0.1, -0.05) is 65.9 Å². The van der Waals surface area contributed by atoms with Crippen molar-refractivity contribution < 1.29 is 28.5 Å². The Morgan fingerprint density at radius 2 is 1.73 bits per heavy atom. The minimum Gasteiger partial charge on any atom is -0.463 e. The van der Waals surface area contributed by atoms with Crippen LogP contribution in [0.1, 0.15) is 29.7 Å². The first-order valence-corrected chi connectivity index (χ1v) is 15.2. The number of ether oxygens (including phenoxy) is 2. The molecule has 1 aliphatic heterocycles. The molecule has 0 fully saturated rings. The maximum atomic E-state index is 14.1. The number of carbonyl (C=O) groups excluding carboxylic acids is 1. The molecule has 1 atom stereocenters. The number of esters is 1. The number of benzene rings is 4. The molecule has 0 saturated carbocycles. The van der Waals surface area contributed by atoms with E-state index in [-0.39, 0.29) is 28.2 Å². The van der Waals surface area contributed by atoms with Crippen LogP contribution in [0.3, 0.4) is 0 Å². The quantitative estimate of drug-likeness (QED) is 0.110. The van der Waals surface area contributed by atoms with E-state index in [0.29, 0.717) is 27.2 Å². The van der Waals surface area contributed by atoms with Gasteiger partial charge in [-0.05, 0) is 54.5 Å². The van der Waals surface area contributed by atoms with E-state index in [9.17, 15) is 34.2 Å². The molecule has 240 valence electrons. The maximum Gasteiger partial charge on any atom is 0.338 e. The Morgan fingerprint density at radius 3 is 2.42 bits per heavy atom. The molecule has 5 aromatic rings. The Hall–Kier alpha value is -6.28. The summed E-state index contributed by atoms with van der Waals surface area (Å²) >= 11 is 1.08. The summed E-state index contributed by atoms with van der Waals surface area (Å²) in [5.74, 6) is -1.19. The van der Waals surface area contributed by atoms with Gasteiger partial charge in [0, 0.05) is 11.6 Å². The van der Waals surface area contributed by atoms with E-state index in [4.69, 9.17) is 14.5 Å². The Kier molecular flexibility index (Phi) is 8.73. The van der Waals surface area contributed by atoms with Crippen LogP contribution in [0.4, 0.5) is 15.8 Å². The van der Waals surface area contributed by atoms with Gasteiger partial charge < -0.3 is 9.47 Å². The van der Waals surface area contributed by atoms with E-state index in [0.717, 1.165) is 29.5 Å². The lowest BCUT2D eigenvalue weighted by atomic mass is 9.93. The van der Waals surface area contributed by atoms with Crippen molar-refractivity contribution in [2.24, 2.45) is 4.99 Å². The highest BCUT2D eigenvalue weighted by Crippen LogP contribution is 2.36. The minimum absolute atomic E-state index is 0.0758. The number of hydrogen-bond donors (Lipinski definition) is 0. The molecule has 0 aliphatic carbocycles. The van der Waals surface area contributed by atoms with Crippen LogP contribution in [0.5, 0.6) is 11.5 Å². The number of halogens is 1. The minimum atomic E-state index is -0.990. The van der Waals surface area contributed by atoms with Gasteiger partial charge in [0.25, 0.3) is 11.2 Å². The predicted octanol–water partition coefficient (Wildman–Crippen LogP) is 5.68. The molecule has 0 bridgehead atoms. The SMILES string of the molecule is CCOC(=O)C1=C(c2ccccc2)N=c2s/c(=C/c3cccc(Oc4ccc([N+](=O)[O-])cc4[N+](=O)[O-])c3)c(=O)n2[C@@H]1c1ccc(F)cc1. The summed E-state index contributed by atoms with van der Waals surface area (Å²) in [7, 11) is 0. The fourth-order valence-electron chi connectivity index (χ4n) is 5.20. The third-order valence-electron chi connectivity index (χ3n) is 7.29. The Labute approximate surface area is 274 Å². The largest absolute Gasteiger partial charge is 0.463 e. The number of nitro benzene ring substituents is 2. The number of nitrogens with zero attached hydrogens (tertiary/aromatic N) is 4. The molecule has 0 N–H and O–H groups in total. The molecule has 4 aromatic carbocycles. The van der Waals surface area contributed by atoms with Crippen molar-refractivity contribution in [2.45, 2.75) is 13.0 Å². The molecule has 12 nitrogen and oxygen atoms in total. The van der Waals surface area contributed by atoms with Crippen molar-refractivity contribution in [2.75, 3.05) is 6.61 Å². The normalized spacial score (nSPS) is 14.2.